The first-order valence-corrected chi connectivity index (χ1v) is 6.45. The zero-order valence-corrected chi connectivity index (χ0v) is 11.8. The van der Waals surface area contributed by atoms with Crippen LogP contribution in [0.25, 0.3) is 0 Å². The van der Waals surface area contributed by atoms with Crippen LogP contribution < -0.4 is 0 Å². The molecular weight excluding hydrogens is 250 g/mol. The molecule has 2 atom stereocenters. The summed E-state index contributed by atoms with van der Waals surface area (Å²) in [5, 5.41) is 19.7. The van der Waals surface area contributed by atoms with Crippen LogP contribution in [0.4, 0.5) is 4.79 Å². The molecule has 0 aromatic rings. The Balaban J connectivity index is 1.99. The number of hydrogen-bond acceptors (Lipinski definition) is 4. The van der Waals surface area contributed by atoms with Crippen LogP contribution in [0.3, 0.4) is 0 Å². The van der Waals surface area contributed by atoms with Gasteiger partial charge in [0.2, 0.25) is 0 Å². The molecule has 2 N–H and O–H groups in total. The van der Waals surface area contributed by atoms with Gasteiger partial charge >= 0.3 is 12.1 Å². The van der Waals surface area contributed by atoms with E-state index in [0.29, 0.717) is 6.42 Å². The summed E-state index contributed by atoms with van der Waals surface area (Å²) in [6.07, 6.45) is -0.0490. The molecule has 6 heteroatoms. The second-order valence-corrected chi connectivity index (χ2v) is 6.75. The monoisotopic (exact) mass is 271 g/mol. The molecule has 0 aromatic heterocycles. The van der Waals surface area contributed by atoms with Gasteiger partial charge in [0.05, 0.1) is 13.1 Å². The van der Waals surface area contributed by atoms with Crippen molar-refractivity contribution in [1.29, 1.82) is 0 Å². The minimum absolute atomic E-state index is 0.0263. The molecule has 1 amide bonds. The number of amides is 1. The molecule has 2 rings (SSSR count). The second kappa shape index (κ2) is 3.85. The highest BCUT2D eigenvalue weighted by Gasteiger charge is 2.73. The van der Waals surface area contributed by atoms with Crippen LogP contribution >= 0.6 is 0 Å². The van der Waals surface area contributed by atoms with E-state index in [-0.39, 0.29) is 19.0 Å². The van der Waals surface area contributed by atoms with E-state index in [1.165, 1.54) is 4.90 Å². The van der Waals surface area contributed by atoms with Crippen LogP contribution in [0.15, 0.2) is 0 Å². The SMILES string of the molecule is CC1CC1(C(=O)O)C1(O)CN(C(=O)OC(C)(C)C)C1. The maximum absolute atomic E-state index is 11.8. The van der Waals surface area contributed by atoms with E-state index >= 15 is 0 Å². The number of likely N-dealkylation sites (tertiary alicyclic amines) is 1. The maximum atomic E-state index is 11.8. The normalized spacial score (nSPS) is 32.5. The Hall–Kier alpha value is -1.30. The Bertz CT molecular complexity index is 421. The molecule has 1 saturated heterocycles. The fourth-order valence-electron chi connectivity index (χ4n) is 2.89. The smallest absolute Gasteiger partial charge is 0.410 e. The van der Waals surface area contributed by atoms with E-state index in [1.807, 2.05) is 6.92 Å². The largest absolute Gasteiger partial charge is 0.481 e. The topological polar surface area (TPSA) is 87.1 Å². The van der Waals surface area contributed by atoms with E-state index in [9.17, 15) is 19.8 Å². The molecule has 0 aromatic carbocycles. The standard InChI is InChI=1S/C13H21NO5/c1-8-5-13(8,9(15)16)12(18)6-14(7-12)10(17)19-11(2,3)4/h8,18H,5-7H2,1-4H3,(H,15,16). The van der Waals surface area contributed by atoms with Crippen molar-refractivity contribution in [3.05, 3.63) is 0 Å². The summed E-state index contributed by atoms with van der Waals surface area (Å²) in [5.41, 5.74) is -3.01. The van der Waals surface area contributed by atoms with Gasteiger partial charge in [-0.2, -0.15) is 0 Å². The first-order valence-electron chi connectivity index (χ1n) is 6.45. The van der Waals surface area contributed by atoms with Crippen molar-refractivity contribution in [1.82, 2.24) is 4.90 Å². The quantitative estimate of drug-likeness (QED) is 0.784. The summed E-state index contributed by atoms with van der Waals surface area (Å²) < 4.78 is 5.18. The Morgan fingerprint density at radius 2 is 1.79 bits per heavy atom. The van der Waals surface area contributed by atoms with Crippen LogP contribution in [0, 0.1) is 11.3 Å². The van der Waals surface area contributed by atoms with Crippen molar-refractivity contribution < 1.29 is 24.5 Å². The Morgan fingerprint density at radius 3 is 2.11 bits per heavy atom. The van der Waals surface area contributed by atoms with Crippen LogP contribution in [-0.2, 0) is 9.53 Å². The fraction of sp³-hybridized carbons (Fsp3) is 0.846. The van der Waals surface area contributed by atoms with E-state index in [1.54, 1.807) is 20.8 Å². The van der Waals surface area contributed by atoms with Crippen LogP contribution in [0.2, 0.25) is 0 Å². The summed E-state index contributed by atoms with van der Waals surface area (Å²) in [7, 11) is 0. The number of carboxylic acid groups (broad SMARTS) is 1. The lowest BCUT2D eigenvalue weighted by molar-refractivity contribution is -0.178. The van der Waals surface area contributed by atoms with Crippen LogP contribution in [-0.4, -0.2) is 51.5 Å². The number of β-amino-alcohol motifs (C(OH)–C–C–N with tert-alkyl or cyclic N) is 1. The van der Waals surface area contributed by atoms with Gasteiger partial charge in [-0.1, -0.05) is 6.92 Å². The average molecular weight is 271 g/mol. The van der Waals surface area contributed by atoms with Crippen molar-refractivity contribution in [2.75, 3.05) is 13.1 Å². The minimum atomic E-state index is -1.32. The van der Waals surface area contributed by atoms with Crippen molar-refractivity contribution in [3.8, 4) is 0 Å². The number of nitrogens with zero attached hydrogens (tertiary/aromatic N) is 1. The molecule has 1 saturated carbocycles. The first-order chi connectivity index (χ1) is 8.52. The summed E-state index contributed by atoms with van der Waals surface area (Å²) in [4.78, 5) is 24.5. The summed E-state index contributed by atoms with van der Waals surface area (Å²) in [5.74, 6) is -1.04. The molecule has 2 aliphatic rings. The van der Waals surface area contributed by atoms with Gasteiger partial charge in [-0.05, 0) is 33.1 Å². The third-order valence-corrected chi connectivity index (χ3v) is 4.08. The predicted octanol–water partition coefficient (Wildman–Crippen LogP) is 1.08. The van der Waals surface area contributed by atoms with Gasteiger partial charge in [0.25, 0.3) is 0 Å². The molecule has 2 fully saturated rings. The Labute approximate surface area is 112 Å². The highest BCUT2D eigenvalue weighted by atomic mass is 16.6. The molecule has 0 bridgehead atoms. The van der Waals surface area contributed by atoms with Gasteiger partial charge in [0.15, 0.2) is 0 Å². The molecule has 19 heavy (non-hydrogen) atoms. The maximum Gasteiger partial charge on any atom is 0.410 e. The molecular formula is C13H21NO5. The Kier molecular flexibility index (Phi) is 2.86. The molecule has 1 aliphatic heterocycles. The van der Waals surface area contributed by atoms with Gasteiger partial charge in [-0.3, -0.25) is 4.79 Å². The number of aliphatic hydroxyl groups is 1. The first kappa shape index (κ1) is 14.1. The fourth-order valence-corrected chi connectivity index (χ4v) is 2.89. The molecule has 1 heterocycles. The molecule has 2 unspecified atom stereocenters. The highest BCUT2D eigenvalue weighted by molar-refractivity contribution is 5.82. The van der Waals surface area contributed by atoms with Gasteiger partial charge in [-0.15, -0.1) is 0 Å². The number of carbonyl (C=O) groups is 2. The number of ether oxygens (including phenoxy) is 1. The van der Waals surface area contributed by atoms with Gasteiger partial charge in [0.1, 0.15) is 16.6 Å². The summed E-state index contributed by atoms with van der Waals surface area (Å²) in [6, 6.07) is 0. The van der Waals surface area contributed by atoms with E-state index in [0.717, 1.165) is 0 Å². The van der Waals surface area contributed by atoms with Crippen molar-refractivity contribution in [3.63, 3.8) is 0 Å². The second-order valence-electron chi connectivity index (χ2n) is 6.75. The lowest BCUT2D eigenvalue weighted by Gasteiger charge is -2.49. The van der Waals surface area contributed by atoms with E-state index in [4.69, 9.17) is 4.74 Å². The third-order valence-electron chi connectivity index (χ3n) is 4.08. The average Bonchev–Trinajstić information content (AvgIpc) is 2.84. The molecule has 6 nitrogen and oxygen atoms in total. The van der Waals surface area contributed by atoms with Crippen molar-refractivity contribution in [2.45, 2.75) is 45.3 Å². The number of carboxylic acids is 1. The van der Waals surface area contributed by atoms with Gasteiger partial charge in [-0.25, -0.2) is 4.79 Å². The minimum Gasteiger partial charge on any atom is -0.481 e. The zero-order valence-electron chi connectivity index (χ0n) is 11.8. The van der Waals surface area contributed by atoms with Crippen molar-refractivity contribution >= 4 is 12.1 Å². The van der Waals surface area contributed by atoms with Crippen LogP contribution in [0.1, 0.15) is 34.1 Å². The predicted molar refractivity (Wildman–Crippen MR) is 66.6 cm³/mol. The van der Waals surface area contributed by atoms with Crippen LogP contribution in [0.5, 0.6) is 0 Å². The molecule has 0 radical (unpaired) electrons. The van der Waals surface area contributed by atoms with Gasteiger partial charge < -0.3 is 19.8 Å². The number of rotatable bonds is 2. The number of aliphatic carboxylic acids is 1. The highest BCUT2D eigenvalue weighted by Crippen LogP contribution is 2.62. The molecule has 108 valence electrons. The lowest BCUT2D eigenvalue weighted by atomic mass is 9.76. The number of hydrogen-bond donors (Lipinski definition) is 2. The number of carbonyl (C=O) groups excluding carboxylic acids is 1. The van der Waals surface area contributed by atoms with E-state index in [2.05, 4.69) is 0 Å². The Morgan fingerprint density at radius 1 is 1.32 bits per heavy atom. The van der Waals surface area contributed by atoms with Gasteiger partial charge in [0, 0.05) is 0 Å². The summed E-state index contributed by atoms with van der Waals surface area (Å²) >= 11 is 0. The molecule has 0 spiro atoms. The zero-order chi connectivity index (χ0) is 14.6. The molecule has 1 aliphatic carbocycles. The lowest BCUT2D eigenvalue weighted by Crippen LogP contribution is -2.70. The third kappa shape index (κ3) is 2.08. The summed E-state index contributed by atoms with van der Waals surface area (Å²) in [6.45, 7) is 7.15. The van der Waals surface area contributed by atoms with E-state index < -0.39 is 28.7 Å². The van der Waals surface area contributed by atoms with Crippen molar-refractivity contribution in [2.24, 2.45) is 11.3 Å².